The van der Waals surface area contributed by atoms with Crippen LogP contribution < -0.4 is 15.4 Å². The first-order valence-electron chi connectivity index (χ1n) is 19.6. The average Bonchev–Trinajstić information content (AvgIpc) is 3.04. The van der Waals surface area contributed by atoms with Crippen LogP contribution in [0.5, 0.6) is 5.75 Å². The first kappa shape index (κ1) is 7.97. The van der Waals surface area contributed by atoms with Gasteiger partial charge in [0.2, 0.25) is 5.91 Å². The maximum absolute atomic E-state index is 14.5. The highest BCUT2D eigenvalue weighted by Gasteiger charge is 2.15. The summed E-state index contributed by atoms with van der Waals surface area (Å²) in [4.78, 5) is 16.5. The Morgan fingerprint density at radius 1 is 1.52 bits per heavy atom. The quantitative estimate of drug-likeness (QED) is 0.427. The summed E-state index contributed by atoms with van der Waals surface area (Å²) in [6.45, 7) is -19.4. The summed E-state index contributed by atoms with van der Waals surface area (Å²) in [5, 5.41) is 7.04. The molecule has 3 aromatic rings. The molecule has 7 nitrogen and oxygen atoms in total. The number of anilines is 3. The number of rotatable bonds is 8. The number of carbonyl (C=O) groups is 1. The van der Waals surface area contributed by atoms with E-state index < -0.39 is 149 Å². The normalized spacial score (nSPS) is 23.8. The van der Waals surface area contributed by atoms with E-state index >= 15 is 0 Å². The molecule has 0 fully saturated rings. The number of benzene rings is 2. The van der Waals surface area contributed by atoms with Crippen molar-refractivity contribution in [2.75, 3.05) is 37.6 Å². The van der Waals surface area contributed by atoms with Gasteiger partial charge in [-0.1, -0.05) is 17.7 Å². The minimum absolute atomic E-state index is 0.0846. The molecule has 33 heavy (non-hydrogen) atoms. The van der Waals surface area contributed by atoms with Crippen LogP contribution in [0.25, 0.3) is 10.9 Å². The van der Waals surface area contributed by atoms with Gasteiger partial charge in [-0.05, 0) is 45.0 Å². The second-order valence-corrected chi connectivity index (χ2v) is 5.87. The lowest BCUT2D eigenvalue weighted by Crippen LogP contribution is -2.13. The van der Waals surface area contributed by atoms with Gasteiger partial charge in [-0.25, -0.2) is 4.39 Å². The van der Waals surface area contributed by atoms with Crippen LogP contribution in [0.2, 0.25) is 7.85 Å². The molecule has 9 heteroatoms. The van der Waals surface area contributed by atoms with Gasteiger partial charge in [0.05, 0.1) is 47.7 Å². The van der Waals surface area contributed by atoms with Gasteiger partial charge < -0.3 is 20.3 Å². The number of nitrogens with one attached hydrogen (secondary N) is 2. The van der Waals surface area contributed by atoms with E-state index in [1.54, 1.807) is 0 Å². The van der Waals surface area contributed by atoms with Crippen molar-refractivity contribution in [2.24, 2.45) is 0 Å². The lowest BCUT2D eigenvalue weighted by Gasteiger charge is -2.16. The molecule has 1 amide bonds. The van der Waals surface area contributed by atoms with Gasteiger partial charge in [0.25, 0.3) is 0 Å². The number of amides is 1. The molecule has 0 bridgehead atoms. The lowest BCUT2D eigenvalue weighted by molar-refractivity contribution is -0.111. The Balaban J connectivity index is 2.61. The standard InChI is InChI=1S/C24H23ClFN5O2/c1-4-33-22-12-20-17(11-21(22)30-23(32)6-5-9-31(2)3)24(15(13-27)14-28-20)29-16-7-8-19(26)18(25)10-16/h5-8,10-12,14H,4,9H2,1-3H3,(H,28,29)(H,30,32)/b6-5+/i1D3,2D3,3D3,4D2,5D,6D,7D,8D,9D2,10D,11D,12D,14D/hD2. The minimum atomic E-state index is -4.03. The third-order valence-corrected chi connectivity index (χ3v) is 3.69. The second kappa shape index (κ2) is 10.8. The van der Waals surface area contributed by atoms with E-state index in [1.165, 1.54) is 6.07 Å². The number of aromatic nitrogens is 1. The van der Waals surface area contributed by atoms with Gasteiger partial charge in [-0.3, -0.25) is 9.78 Å². The van der Waals surface area contributed by atoms with Crippen LogP contribution in [0.15, 0.2) is 48.5 Å². The Hall–Kier alpha value is -3.67. The number of carbonyl (C=O) groups excluding carboxylic acids is 1. The van der Waals surface area contributed by atoms with Crippen molar-refractivity contribution in [1.29, 1.82) is 5.26 Å². The zero-order valence-electron chi connectivity index (χ0n) is 38.8. The van der Waals surface area contributed by atoms with E-state index in [9.17, 15) is 14.4 Å². The molecular weight excluding hydrogens is 445 g/mol. The predicted molar refractivity (Wildman–Crippen MR) is 129 cm³/mol. The summed E-state index contributed by atoms with van der Waals surface area (Å²) in [6.07, 6.45) is -1.14. The Morgan fingerprint density at radius 3 is 3.12 bits per heavy atom. The zero-order valence-corrected chi connectivity index (χ0v) is 16.6. The number of hydrogen-bond acceptors (Lipinski definition) is 6. The Labute approximate surface area is 228 Å². The molecule has 0 atom stereocenters. The molecule has 170 valence electrons. The van der Waals surface area contributed by atoms with Crippen molar-refractivity contribution >= 4 is 45.5 Å². The highest BCUT2D eigenvalue weighted by Crippen LogP contribution is 2.36. The Kier molecular flexibility index (Phi) is 2.60. The van der Waals surface area contributed by atoms with E-state index in [4.69, 9.17) is 47.9 Å². The van der Waals surface area contributed by atoms with Crippen LogP contribution in [0.4, 0.5) is 21.5 Å². The molecule has 0 radical (unpaired) electrons. The van der Waals surface area contributed by atoms with Gasteiger partial charge >= 0.3 is 0 Å². The van der Waals surface area contributed by atoms with E-state index in [0.29, 0.717) is 0 Å². The number of halogens is 2. The molecule has 0 saturated carbocycles. The van der Waals surface area contributed by atoms with Crippen molar-refractivity contribution in [1.82, 2.24) is 9.88 Å². The number of ether oxygens (including phenoxy) is 1. The number of nitriles is 1. The van der Waals surface area contributed by atoms with Crippen molar-refractivity contribution < 1.29 is 45.5 Å². The van der Waals surface area contributed by atoms with Crippen molar-refractivity contribution in [3.63, 3.8) is 0 Å². The zero-order chi connectivity index (χ0) is 43.7. The molecule has 1 heterocycles. The average molecular weight is 491 g/mol. The number of nitrogens with zero attached hydrogens (tertiary/aromatic N) is 3. The summed E-state index contributed by atoms with van der Waals surface area (Å²) in [7, 11) is 0. The molecule has 0 unspecified atom stereocenters. The molecule has 2 aromatic carbocycles. The number of likely N-dealkylation sites (N-methyl/N-ethyl adjacent to an activating group) is 1. The van der Waals surface area contributed by atoms with Crippen LogP contribution in [0.1, 0.15) is 41.2 Å². The van der Waals surface area contributed by atoms with Gasteiger partial charge in [0.15, 0.2) is 2.82 Å². The minimum Gasteiger partial charge on any atom is -0.492 e. The molecule has 0 aliphatic carbocycles. The first-order valence-corrected chi connectivity index (χ1v) is 8.60. The van der Waals surface area contributed by atoms with Gasteiger partial charge in [-0.2, -0.15) is 5.26 Å². The Bertz CT molecular complexity index is 2160. The highest BCUT2D eigenvalue weighted by molar-refractivity contribution is 6.31. The van der Waals surface area contributed by atoms with Crippen LogP contribution >= 0.6 is 11.6 Å². The fraction of sp³-hybridized carbons (Fsp3) is 0.208. The fourth-order valence-corrected chi connectivity index (χ4v) is 2.33. The highest BCUT2D eigenvalue weighted by atomic mass is 35.5. The van der Waals surface area contributed by atoms with Crippen LogP contribution in [-0.4, -0.2) is 42.8 Å². The predicted octanol–water partition coefficient (Wildman–Crippen LogP) is 5.10. The molecule has 0 spiro atoms. The van der Waals surface area contributed by atoms with Crippen LogP contribution in [0, 0.1) is 17.1 Å². The molecule has 0 aliphatic rings. The molecule has 0 aliphatic heterocycles. The van der Waals surface area contributed by atoms with E-state index in [2.05, 4.69) is 4.98 Å². The van der Waals surface area contributed by atoms with Gasteiger partial charge in [0, 0.05) is 50.9 Å². The number of fused-ring (bicyclic) bond motifs is 1. The van der Waals surface area contributed by atoms with Crippen LogP contribution in [-0.2, 0) is 4.79 Å². The maximum Gasteiger partial charge on any atom is 0.248 e. The Morgan fingerprint density at radius 2 is 2.36 bits per heavy atom. The molecule has 1 aromatic heterocycles. The summed E-state index contributed by atoms with van der Waals surface area (Å²) in [5.41, 5.74) is -5.84. The maximum atomic E-state index is 14.5. The summed E-state index contributed by atoms with van der Waals surface area (Å²) >= 11 is 5.79. The first-order chi connectivity index (χ1) is 25.1. The molecule has 0 saturated heterocycles. The molecular formula is C24H23ClFN5O2. The number of pyridine rings is 1. The van der Waals surface area contributed by atoms with Crippen molar-refractivity contribution in [2.45, 2.75) is 6.85 Å². The van der Waals surface area contributed by atoms with Crippen LogP contribution in [0.3, 0.4) is 0 Å². The lowest BCUT2D eigenvalue weighted by atomic mass is 10.1. The van der Waals surface area contributed by atoms with Gasteiger partial charge in [-0.15, -0.1) is 0 Å². The fourth-order valence-electron chi connectivity index (χ4n) is 2.20. The summed E-state index contributed by atoms with van der Waals surface area (Å²) in [6, 6.07) is -9.12. The smallest absolute Gasteiger partial charge is 0.248 e. The third kappa shape index (κ3) is 5.98. The number of hydrogen-bond donors (Lipinski definition) is 2. The molecule has 2 N–H and O–H groups in total. The summed E-state index contributed by atoms with van der Waals surface area (Å²) in [5.74, 6) is -5.40. The largest absolute Gasteiger partial charge is 0.492 e. The summed E-state index contributed by atoms with van der Waals surface area (Å²) < 4.78 is 203. The SMILES string of the molecule is [2H]/C(C(=O)N([2H])c1c(OC([2H])([2H])C([2H])([2H])[2H])c([2H])c2nc([2H])c(C#N)c(N([2H])c3c([2H])c([2H])c(F)c(Cl)c3[2H])c2c1[2H])=C(/[2H])C([2H])([2H])N(C([2H])([2H])[2H])C([2H])([2H])[2H]. The molecule has 3 rings (SSSR count). The van der Waals surface area contributed by atoms with Crippen molar-refractivity contribution in [3.05, 3.63) is 64.9 Å². The van der Waals surface area contributed by atoms with Crippen molar-refractivity contribution in [3.8, 4) is 11.8 Å². The van der Waals surface area contributed by atoms with E-state index in [0.717, 1.165) is 0 Å². The second-order valence-electron chi connectivity index (χ2n) is 5.49. The third-order valence-electron chi connectivity index (χ3n) is 3.43. The topological polar surface area (TPSA) is 90.3 Å². The monoisotopic (exact) mass is 490 g/mol. The van der Waals surface area contributed by atoms with E-state index in [1.807, 2.05) is 0 Å². The van der Waals surface area contributed by atoms with E-state index in [-0.39, 0.29) is 5.31 Å². The van der Waals surface area contributed by atoms with Gasteiger partial charge in [0.1, 0.15) is 17.6 Å².